The SMILES string of the molecule is COc1ccc(OCC(=O)N2CCCNCC2)cc1.Cl. The van der Waals surface area contributed by atoms with Crippen LogP contribution in [0.15, 0.2) is 24.3 Å². The average Bonchev–Trinajstić information content (AvgIpc) is 2.74. The normalized spacial score (nSPS) is 14.9. The Balaban J connectivity index is 0.00000200. The summed E-state index contributed by atoms with van der Waals surface area (Å²) < 4.78 is 10.6. The molecule has 5 nitrogen and oxygen atoms in total. The highest BCUT2D eigenvalue weighted by Crippen LogP contribution is 2.16. The monoisotopic (exact) mass is 300 g/mol. The zero-order valence-corrected chi connectivity index (χ0v) is 12.4. The van der Waals surface area contributed by atoms with E-state index in [9.17, 15) is 4.79 Å². The number of nitrogens with one attached hydrogen (secondary N) is 1. The Kier molecular flexibility index (Phi) is 7.18. The van der Waals surface area contributed by atoms with Crippen LogP contribution in [0, 0.1) is 0 Å². The van der Waals surface area contributed by atoms with E-state index in [0.29, 0.717) is 5.75 Å². The Bertz CT molecular complexity index is 403. The Morgan fingerprint density at radius 3 is 2.60 bits per heavy atom. The number of amides is 1. The van der Waals surface area contributed by atoms with Gasteiger partial charge in [0, 0.05) is 19.6 Å². The molecule has 0 radical (unpaired) electrons. The van der Waals surface area contributed by atoms with Gasteiger partial charge in [-0.3, -0.25) is 4.79 Å². The van der Waals surface area contributed by atoms with Crippen molar-refractivity contribution in [3.05, 3.63) is 24.3 Å². The Labute approximate surface area is 125 Å². The van der Waals surface area contributed by atoms with Crippen molar-refractivity contribution < 1.29 is 14.3 Å². The van der Waals surface area contributed by atoms with Crippen LogP contribution in [0.4, 0.5) is 0 Å². The third-order valence-corrected chi connectivity index (χ3v) is 3.11. The van der Waals surface area contributed by atoms with Gasteiger partial charge in [-0.15, -0.1) is 12.4 Å². The maximum atomic E-state index is 12.0. The van der Waals surface area contributed by atoms with Gasteiger partial charge in [-0.1, -0.05) is 0 Å². The first kappa shape index (κ1) is 16.6. The second-order valence-corrected chi connectivity index (χ2v) is 4.45. The molecular weight excluding hydrogens is 280 g/mol. The second-order valence-electron chi connectivity index (χ2n) is 4.45. The van der Waals surface area contributed by atoms with Crippen LogP contribution in [0.25, 0.3) is 0 Å². The van der Waals surface area contributed by atoms with E-state index in [-0.39, 0.29) is 24.9 Å². The van der Waals surface area contributed by atoms with Crippen LogP contribution in [0.3, 0.4) is 0 Å². The van der Waals surface area contributed by atoms with Crippen LogP contribution in [-0.4, -0.2) is 50.7 Å². The minimum absolute atomic E-state index is 0. The van der Waals surface area contributed by atoms with Crippen molar-refractivity contribution in [1.82, 2.24) is 10.2 Å². The molecule has 6 heteroatoms. The number of hydrogen-bond donors (Lipinski definition) is 1. The van der Waals surface area contributed by atoms with Crippen molar-refractivity contribution in [2.24, 2.45) is 0 Å². The first-order chi connectivity index (χ1) is 9.29. The van der Waals surface area contributed by atoms with Crippen molar-refractivity contribution in [2.75, 3.05) is 39.9 Å². The van der Waals surface area contributed by atoms with Crippen LogP contribution in [0.5, 0.6) is 11.5 Å². The molecule has 1 aromatic carbocycles. The summed E-state index contributed by atoms with van der Waals surface area (Å²) in [7, 11) is 1.62. The summed E-state index contributed by atoms with van der Waals surface area (Å²) in [6.45, 7) is 3.48. The summed E-state index contributed by atoms with van der Waals surface area (Å²) >= 11 is 0. The number of ether oxygens (including phenoxy) is 2. The largest absolute Gasteiger partial charge is 0.497 e. The molecule has 1 aliphatic heterocycles. The number of carbonyl (C=O) groups is 1. The lowest BCUT2D eigenvalue weighted by molar-refractivity contribution is -0.133. The second kappa shape index (κ2) is 8.66. The van der Waals surface area contributed by atoms with E-state index in [1.165, 1.54) is 0 Å². The van der Waals surface area contributed by atoms with Gasteiger partial charge in [0.2, 0.25) is 0 Å². The van der Waals surface area contributed by atoms with E-state index in [4.69, 9.17) is 9.47 Å². The molecule has 112 valence electrons. The molecule has 1 aromatic rings. The zero-order valence-electron chi connectivity index (χ0n) is 11.6. The van der Waals surface area contributed by atoms with Crippen LogP contribution in [0.2, 0.25) is 0 Å². The van der Waals surface area contributed by atoms with Crippen LogP contribution in [0.1, 0.15) is 6.42 Å². The Morgan fingerprint density at radius 1 is 1.20 bits per heavy atom. The average molecular weight is 301 g/mol. The van der Waals surface area contributed by atoms with Gasteiger partial charge in [0.05, 0.1) is 7.11 Å². The highest BCUT2D eigenvalue weighted by Gasteiger charge is 2.15. The first-order valence-electron chi connectivity index (χ1n) is 6.55. The van der Waals surface area contributed by atoms with E-state index in [1.807, 2.05) is 17.0 Å². The molecule has 0 atom stereocenters. The molecule has 1 aliphatic rings. The Morgan fingerprint density at radius 2 is 1.90 bits per heavy atom. The number of hydrogen-bond acceptors (Lipinski definition) is 4. The lowest BCUT2D eigenvalue weighted by Crippen LogP contribution is -2.37. The first-order valence-corrected chi connectivity index (χ1v) is 6.55. The molecule has 1 saturated heterocycles. The standard InChI is InChI=1S/C14H20N2O3.ClH/c1-18-12-3-5-13(6-4-12)19-11-14(17)16-9-2-7-15-8-10-16;/h3-6,15H,2,7-11H2,1H3;1H. The lowest BCUT2D eigenvalue weighted by atomic mass is 10.3. The van der Waals surface area contributed by atoms with Crippen LogP contribution < -0.4 is 14.8 Å². The van der Waals surface area contributed by atoms with Gasteiger partial charge in [-0.25, -0.2) is 0 Å². The molecule has 0 saturated carbocycles. The molecule has 2 rings (SSSR count). The lowest BCUT2D eigenvalue weighted by Gasteiger charge is -2.20. The van der Waals surface area contributed by atoms with Crippen LogP contribution in [-0.2, 0) is 4.79 Å². The van der Waals surface area contributed by atoms with Crippen molar-refractivity contribution >= 4 is 18.3 Å². The van der Waals surface area contributed by atoms with E-state index >= 15 is 0 Å². The molecule has 1 fully saturated rings. The molecular formula is C14H21ClN2O3. The van der Waals surface area contributed by atoms with E-state index < -0.39 is 0 Å². The number of nitrogens with zero attached hydrogens (tertiary/aromatic N) is 1. The molecule has 0 aliphatic carbocycles. The van der Waals surface area contributed by atoms with E-state index in [2.05, 4.69) is 5.32 Å². The molecule has 0 bridgehead atoms. The van der Waals surface area contributed by atoms with Gasteiger partial charge in [-0.2, -0.15) is 0 Å². The number of carbonyl (C=O) groups excluding carboxylic acids is 1. The predicted octanol–water partition coefficient (Wildman–Crippen LogP) is 1.32. The minimum atomic E-state index is 0. The summed E-state index contributed by atoms with van der Waals surface area (Å²) in [5.74, 6) is 1.50. The molecule has 0 aromatic heterocycles. The minimum Gasteiger partial charge on any atom is -0.497 e. The van der Waals surface area contributed by atoms with E-state index in [0.717, 1.165) is 38.3 Å². The molecule has 0 spiro atoms. The van der Waals surface area contributed by atoms with Crippen molar-refractivity contribution in [3.63, 3.8) is 0 Å². The fourth-order valence-corrected chi connectivity index (χ4v) is 2.00. The predicted molar refractivity (Wildman–Crippen MR) is 79.8 cm³/mol. The van der Waals surface area contributed by atoms with Crippen molar-refractivity contribution in [2.45, 2.75) is 6.42 Å². The fourth-order valence-electron chi connectivity index (χ4n) is 2.00. The summed E-state index contributed by atoms with van der Waals surface area (Å²) in [6.07, 6.45) is 0.994. The summed E-state index contributed by atoms with van der Waals surface area (Å²) in [5, 5.41) is 3.27. The topological polar surface area (TPSA) is 50.8 Å². The van der Waals surface area contributed by atoms with Gasteiger partial charge >= 0.3 is 0 Å². The third-order valence-electron chi connectivity index (χ3n) is 3.11. The maximum Gasteiger partial charge on any atom is 0.260 e. The molecule has 1 heterocycles. The van der Waals surface area contributed by atoms with Gasteiger partial charge in [0.15, 0.2) is 6.61 Å². The quantitative estimate of drug-likeness (QED) is 0.911. The number of methoxy groups -OCH3 is 1. The zero-order chi connectivity index (χ0) is 13.5. The maximum absolute atomic E-state index is 12.0. The van der Waals surface area contributed by atoms with Gasteiger partial charge in [0.25, 0.3) is 5.91 Å². The number of halogens is 1. The van der Waals surface area contributed by atoms with Gasteiger partial charge in [-0.05, 0) is 37.2 Å². The molecule has 1 amide bonds. The van der Waals surface area contributed by atoms with Crippen molar-refractivity contribution in [1.29, 1.82) is 0 Å². The number of benzene rings is 1. The smallest absolute Gasteiger partial charge is 0.260 e. The van der Waals surface area contributed by atoms with Gasteiger partial charge < -0.3 is 19.7 Å². The van der Waals surface area contributed by atoms with Gasteiger partial charge in [0.1, 0.15) is 11.5 Å². The third kappa shape index (κ3) is 4.90. The highest BCUT2D eigenvalue weighted by molar-refractivity contribution is 5.85. The van der Waals surface area contributed by atoms with Crippen molar-refractivity contribution in [3.8, 4) is 11.5 Å². The molecule has 0 unspecified atom stereocenters. The Hall–Kier alpha value is -1.46. The molecule has 1 N–H and O–H groups in total. The number of rotatable bonds is 4. The summed E-state index contributed by atoms with van der Waals surface area (Å²) in [6, 6.07) is 7.23. The fraction of sp³-hybridized carbons (Fsp3) is 0.500. The molecule has 20 heavy (non-hydrogen) atoms. The highest BCUT2D eigenvalue weighted by atomic mass is 35.5. The van der Waals surface area contributed by atoms with Crippen LogP contribution >= 0.6 is 12.4 Å². The summed E-state index contributed by atoms with van der Waals surface area (Å²) in [4.78, 5) is 13.8. The van der Waals surface area contributed by atoms with E-state index in [1.54, 1.807) is 19.2 Å². The summed E-state index contributed by atoms with van der Waals surface area (Å²) in [5.41, 5.74) is 0.